The zero-order valence-electron chi connectivity index (χ0n) is 11.1. The molecule has 0 bridgehead atoms. The van der Waals surface area contributed by atoms with Gasteiger partial charge in [-0.15, -0.1) is 0 Å². The van der Waals surface area contributed by atoms with E-state index in [1.807, 2.05) is 42.1 Å². The van der Waals surface area contributed by atoms with Gasteiger partial charge in [0.15, 0.2) is 0 Å². The van der Waals surface area contributed by atoms with Crippen LogP contribution in [0.25, 0.3) is 0 Å². The van der Waals surface area contributed by atoms with E-state index in [0.29, 0.717) is 18.1 Å². The lowest BCUT2D eigenvalue weighted by molar-refractivity contribution is -0.138. The molecule has 0 saturated heterocycles. The van der Waals surface area contributed by atoms with Crippen LogP contribution < -0.4 is 0 Å². The minimum atomic E-state index is -0.827. The van der Waals surface area contributed by atoms with Crippen molar-refractivity contribution in [3.05, 3.63) is 33.3 Å². The normalized spacial score (nSPS) is 11.3. The van der Waals surface area contributed by atoms with Gasteiger partial charge in [-0.25, -0.2) is 0 Å². The third-order valence-corrected chi connectivity index (χ3v) is 3.48. The Labute approximate surface area is 127 Å². The van der Waals surface area contributed by atoms with Crippen LogP contribution in [0.5, 0.6) is 0 Å². The summed E-state index contributed by atoms with van der Waals surface area (Å²) < 4.78 is 0.916. The van der Waals surface area contributed by atoms with Gasteiger partial charge in [0.05, 0.1) is 6.54 Å². The first-order chi connectivity index (χ1) is 8.88. The van der Waals surface area contributed by atoms with Gasteiger partial charge >= 0.3 is 5.97 Å². The number of hydrogen-bond donors (Lipinski definition) is 1. The van der Waals surface area contributed by atoms with E-state index in [9.17, 15) is 4.79 Å². The Kier molecular flexibility index (Phi) is 6.79. The molecule has 19 heavy (non-hydrogen) atoms. The SMILES string of the molecule is CN(C)CCN(CC(=O)O)Cc1ccc(Br)cc1Cl. The minimum Gasteiger partial charge on any atom is -0.480 e. The third-order valence-electron chi connectivity index (χ3n) is 2.63. The highest BCUT2D eigenvalue weighted by Gasteiger charge is 2.12. The summed E-state index contributed by atoms with van der Waals surface area (Å²) in [6, 6.07) is 5.64. The Balaban J connectivity index is 2.72. The second-order valence-electron chi connectivity index (χ2n) is 4.64. The highest BCUT2D eigenvalue weighted by atomic mass is 79.9. The number of hydrogen-bond acceptors (Lipinski definition) is 3. The Morgan fingerprint density at radius 3 is 2.58 bits per heavy atom. The van der Waals surface area contributed by atoms with Crippen LogP contribution in [0, 0.1) is 0 Å². The molecule has 0 aromatic heterocycles. The minimum absolute atomic E-state index is 0.0141. The lowest BCUT2D eigenvalue weighted by atomic mass is 10.2. The van der Waals surface area contributed by atoms with Gasteiger partial charge in [-0.3, -0.25) is 9.69 Å². The molecule has 0 unspecified atom stereocenters. The number of likely N-dealkylation sites (N-methyl/N-ethyl adjacent to an activating group) is 1. The molecular formula is C13H18BrClN2O2. The van der Waals surface area contributed by atoms with Gasteiger partial charge in [-0.05, 0) is 31.8 Å². The number of carboxylic acid groups (broad SMARTS) is 1. The summed E-state index contributed by atoms with van der Waals surface area (Å²) in [5.74, 6) is -0.827. The van der Waals surface area contributed by atoms with E-state index in [-0.39, 0.29) is 6.54 Å². The summed E-state index contributed by atoms with van der Waals surface area (Å²) in [5, 5.41) is 9.59. The predicted molar refractivity (Wildman–Crippen MR) is 80.6 cm³/mol. The van der Waals surface area contributed by atoms with E-state index in [1.54, 1.807) is 0 Å². The fourth-order valence-electron chi connectivity index (χ4n) is 1.64. The summed E-state index contributed by atoms with van der Waals surface area (Å²) in [6.07, 6.45) is 0. The summed E-state index contributed by atoms with van der Waals surface area (Å²) in [6.45, 7) is 2.04. The zero-order valence-corrected chi connectivity index (χ0v) is 13.4. The number of rotatable bonds is 7. The molecule has 106 valence electrons. The largest absolute Gasteiger partial charge is 0.480 e. The van der Waals surface area contributed by atoms with Crippen LogP contribution in [-0.4, -0.2) is 54.6 Å². The van der Waals surface area contributed by atoms with Crippen molar-refractivity contribution in [3.8, 4) is 0 Å². The van der Waals surface area contributed by atoms with Gasteiger partial charge in [0, 0.05) is 29.1 Å². The fraction of sp³-hybridized carbons (Fsp3) is 0.462. The smallest absolute Gasteiger partial charge is 0.317 e. The third kappa shape index (κ3) is 6.38. The first-order valence-electron chi connectivity index (χ1n) is 5.91. The van der Waals surface area contributed by atoms with Crippen LogP contribution in [0.3, 0.4) is 0 Å². The predicted octanol–water partition coefficient (Wildman–Crippen LogP) is 2.55. The summed E-state index contributed by atoms with van der Waals surface area (Å²) in [4.78, 5) is 14.8. The van der Waals surface area contributed by atoms with E-state index in [1.165, 1.54) is 0 Å². The van der Waals surface area contributed by atoms with Gasteiger partial charge in [-0.1, -0.05) is 33.6 Å². The molecule has 4 nitrogen and oxygen atoms in total. The van der Waals surface area contributed by atoms with E-state index >= 15 is 0 Å². The van der Waals surface area contributed by atoms with E-state index < -0.39 is 5.97 Å². The van der Waals surface area contributed by atoms with Crippen molar-refractivity contribution in [2.45, 2.75) is 6.54 Å². The van der Waals surface area contributed by atoms with Crippen LogP contribution >= 0.6 is 27.5 Å². The highest BCUT2D eigenvalue weighted by Crippen LogP contribution is 2.22. The van der Waals surface area contributed by atoms with Crippen LogP contribution in [0.2, 0.25) is 5.02 Å². The van der Waals surface area contributed by atoms with Gasteiger partial charge in [0.25, 0.3) is 0 Å². The van der Waals surface area contributed by atoms with Crippen LogP contribution in [0.4, 0.5) is 0 Å². The second-order valence-corrected chi connectivity index (χ2v) is 5.97. The van der Waals surface area contributed by atoms with Gasteiger partial charge < -0.3 is 10.0 Å². The van der Waals surface area contributed by atoms with Crippen LogP contribution in [0.1, 0.15) is 5.56 Å². The summed E-state index contributed by atoms with van der Waals surface area (Å²) in [7, 11) is 3.93. The molecule has 0 aliphatic heterocycles. The molecule has 0 amide bonds. The quantitative estimate of drug-likeness (QED) is 0.821. The molecule has 0 fully saturated rings. The van der Waals surface area contributed by atoms with Gasteiger partial charge in [-0.2, -0.15) is 0 Å². The standard InChI is InChI=1S/C13H18BrClN2O2/c1-16(2)5-6-17(9-13(18)19)8-10-3-4-11(14)7-12(10)15/h3-4,7H,5-6,8-9H2,1-2H3,(H,18,19). The molecule has 0 atom stereocenters. The Morgan fingerprint density at radius 1 is 1.37 bits per heavy atom. The van der Waals surface area contributed by atoms with E-state index in [0.717, 1.165) is 16.6 Å². The van der Waals surface area contributed by atoms with Crippen LogP contribution in [-0.2, 0) is 11.3 Å². The molecule has 0 heterocycles. The number of aliphatic carboxylic acids is 1. The average Bonchev–Trinajstić information content (AvgIpc) is 2.28. The molecular weight excluding hydrogens is 332 g/mol. The van der Waals surface area contributed by atoms with Gasteiger partial charge in [0.1, 0.15) is 0 Å². The van der Waals surface area contributed by atoms with Crippen molar-refractivity contribution < 1.29 is 9.90 Å². The molecule has 1 rings (SSSR count). The maximum Gasteiger partial charge on any atom is 0.317 e. The number of carboxylic acids is 1. The monoisotopic (exact) mass is 348 g/mol. The van der Waals surface area contributed by atoms with Crippen molar-refractivity contribution in [1.82, 2.24) is 9.80 Å². The number of halogens is 2. The first kappa shape index (κ1) is 16.4. The number of nitrogens with zero attached hydrogens (tertiary/aromatic N) is 2. The topological polar surface area (TPSA) is 43.8 Å². The summed E-state index contributed by atoms with van der Waals surface area (Å²) in [5.41, 5.74) is 0.935. The fourth-order valence-corrected chi connectivity index (χ4v) is 2.37. The highest BCUT2D eigenvalue weighted by molar-refractivity contribution is 9.10. The second kappa shape index (κ2) is 7.85. The molecule has 0 radical (unpaired) electrons. The molecule has 0 aliphatic rings. The molecule has 1 N–H and O–H groups in total. The van der Waals surface area contributed by atoms with E-state index in [2.05, 4.69) is 15.9 Å². The van der Waals surface area contributed by atoms with E-state index in [4.69, 9.17) is 16.7 Å². The molecule has 1 aromatic carbocycles. The molecule has 1 aromatic rings. The molecule has 0 spiro atoms. The zero-order chi connectivity index (χ0) is 14.4. The number of benzene rings is 1. The lowest BCUT2D eigenvalue weighted by Crippen LogP contribution is -2.35. The average molecular weight is 350 g/mol. The molecule has 0 aliphatic carbocycles. The van der Waals surface area contributed by atoms with Crippen molar-refractivity contribution >= 4 is 33.5 Å². The van der Waals surface area contributed by atoms with Crippen molar-refractivity contribution in [1.29, 1.82) is 0 Å². The van der Waals surface area contributed by atoms with Crippen LogP contribution in [0.15, 0.2) is 22.7 Å². The maximum atomic E-state index is 10.9. The Bertz CT molecular complexity index is 441. The molecule has 6 heteroatoms. The van der Waals surface area contributed by atoms with Gasteiger partial charge in [0.2, 0.25) is 0 Å². The number of carbonyl (C=O) groups is 1. The Morgan fingerprint density at radius 2 is 2.05 bits per heavy atom. The maximum absolute atomic E-state index is 10.9. The van der Waals surface area contributed by atoms with Crippen molar-refractivity contribution in [2.75, 3.05) is 33.7 Å². The lowest BCUT2D eigenvalue weighted by Gasteiger charge is -2.22. The Hall–Kier alpha value is -0.620. The van der Waals surface area contributed by atoms with Crippen molar-refractivity contribution in [3.63, 3.8) is 0 Å². The summed E-state index contributed by atoms with van der Waals surface area (Å²) >= 11 is 9.51. The first-order valence-corrected chi connectivity index (χ1v) is 7.08. The van der Waals surface area contributed by atoms with Crippen molar-refractivity contribution in [2.24, 2.45) is 0 Å². The molecule has 0 saturated carbocycles.